The molecule has 0 fully saturated rings. The number of benzene rings is 8. The van der Waals surface area contributed by atoms with Gasteiger partial charge in [0.15, 0.2) is 0 Å². The van der Waals surface area contributed by atoms with Gasteiger partial charge in [0, 0.05) is 15.9 Å². The number of hydrogen-bond donors (Lipinski definition) is 2. The van der Waals surface area contributed by atoms with Crippen molar-refractivity contribution in [2.45, 2.75) is 72.0 Å². The van der Waals surface area contributed by atoms with Crippen LogP contribution in [-0.2, 0) is 61.0 Å². The van der Waals surface area contributed by atoms with E-state index in [9.17, 15) is 38.2 Å². The summed E-state index contributed by atoms with van der Waals surface area (Å²) >= 11 is 0.481. The van der Waals surface area contributed by atoms with Crippen LogP contribution in [0.15, 0.2) is 221 Å². The van der Waals surface area contributed by atoms with Crippen LogP contribution >= 0.6 is 12.0 Å². The van der Waals surface area contributed by atoms with Crippen LogP contribution in [0.2, 0.25) is 0 Å². The minimum atomic E-state index is -5.10. The third-order valence-corrected chi connectivity index (χ3v) is 18.9. The molecule has 2 N–H and O–H groups in total. The van der Waals surface area contributed by atoms with Gasteiger partial charge in [0.05, 0.1) is 48.5 Å². The van der Waals surface area contributed by atoms with Gasteiger partial charge in [0.2, 0.25) is 29.5 Å². The van der Waals surface area contributed by atoms with Crippen molar-refractivity contribution in [3.63, 3.8) is 0 Å². The normalized spacial score (nSPS) is 12.2. The Bertz CT molecular complexity index is 3800. The smallest absolute Gasteiger partial charge is 0.298 e. The lowest BCUT2D eigenvalue weighted by atomic mass is 9.78. The van der Waals surface area contributed by atoms with Crippen molar-refractivity contribution in [2.24, 2.45) is 0 Å². The highest BCUT2D eigenvalue weighted by Gasteiger charge is 2.27. The lowest BCUT2D eigenvalue weighted by molar-refractivity contribution is -0.432. The van der Waals surface area contributed by atoms with Gasteiger partial charge in [-0.25, -0.2) is 30.5 Å². The summed E-state index contributed by atoms with van der Waals surface area (Å²) in [5, 5.41) is 12.7. The number of hydrogen-bond acceptors (Lipinski definition) is 16. The summed E-state index contributed by atoms with van der Waals surface area (Å²) in [6, 6.07) is 45.3. The van der Waals surface area contributed by atoms with Crippen LogP contribution in [-0.4, -0.2) is 50.6 Å². The molecule has 0 saturated carbocycles. The fraction of sp³-hybridized carbons (Fsp3) is 0.111. The standard InChI is InChI=1S/C54H46O16S5/c1-36-5-22-45(23-6-36)72(56,57)47-27-18-43(19-28-47)67-42-14-10-39(11-15-42)54(2,3)38-8-12-41(13-9-38)66-35-37-7-24-49(33-52(37)71-70-69-55)74(60,61)50-31-32-51(53(34-50)75(62,63)64)68-44-20-29-48(30-21-44)73(58,59)46-25-16-40(65-4)17-26-46/h5-34,55H,35H2,1-4H3,(H,62,63,64). The van der Waals surface area contributed by atoms with Gasteiger partial charge >= 0.3 is 0 Å². The molecule has 0 radical (unpaired) electrons. The van der Waals surface area contributed by atoms with Crippen LogP contribution in [0.25, 0.3) is 0 Å². The van der Waals surface area contributed by atoms with E-state index < -0.39 is 60.6 Å². The SMILES string of the molecule is COc1ccc(S(=O)(=O)c2ccc(Oc3ccc(S(=O)(=O)c4ccc(COc5ccc(C(C)(C)c6ccc(Oc7ccc(S(=O)(=O)c8ccc(C)cc8)cc7)cc6)cc5)c(SOOO)c4)cc3S(=O)(=O)O)cc2)cc1. The lowest BCUT2D eigenvalue weighted by Gasteiger charge is -2.26. The van der Waals surface area contributed by atoms with E-state index in [1.165, 1.54) is 86.0 Å². The van der Waals surface area contributed by atoms with Gasteiger partial charge in [-0.2, -0.15) is 8.42 Å². The zero-order chi connectivity index (χ0) is 53.8. The fourth-order valence-corrected chi connectivity index (χ4v) is 12.8. The first-order valence-corrected chi connectivity index (χ1v) is 29.0. The van der Waals surface area contributed by atoms with E-state index in [1.807, 2.05) is 43.3 Å². The first-order valence-electron chi connectivity index (χ1n) is 22.3. The zero-order valence-corrected chi connectivity index (χ0v) is 44.3. The summed E-state index contributed by atoms with van der Waals surface area (Å²) in [4.78, 5) is -1.33. The zero-order valence-electron chi connectivity index (χ0n) is 40.2. The second-order valence-corrected chi connectivity index (χ2v) is 25.2. The van der Waals surface area contributed by atoms with Crippen LogP contribution < -0.4 is 18.9 Å². The van der Waals surface area contributed by atoms with Crippen LogP contribution in [0.1, 0.15) is 36.1 Å². The predicted octanol–water partition coefficient (Wildman–Crippen LogP) is 11.7. The molecule has 8 aromatic carbocycles. The van der Waals surface area contributed by atoms with E-state index in [1.54, 1.807) is 48.5 Å². The molecule has 0 aliphatic heterocycles. The Morgan fingerprint density at radius 1 is 0.480 bits per heavy atom. The summed E-state index contributed by atoms with van der Waals surface area (Å²) in [5.74, 6) is 1.49. The van der Waals surface area contributed by atoms with E-state index in [0.29, 0.717) is 40.6 Å². The van der Waals surface area contributed by atoms with Gasteiger partial charge in [-0.05, 0) is 158 Å². The van der Waals surface area contributed by atoms with Gasteiger partial charge in [-0.15, -0.1) is 4.33 Å². The third-order valence-electron chi connectivity index (χ3n) is 12.0. The molecule has 0 aromatic heterocycles. The Balaban J connectivity index is 0.924. The van der Waals surface area contributed by atoms with Crippen molar-refractivity contribution in [3.8, 4) is 34.5 Å². The number of rotatable bonds is 20. The Morgan fingerprint density at radius 2 is 0.880 bits per heavy atom. The van der Waals surface area contributed by atoms with Crippen LogP contribution in [0.3, 0.4) is 0 Å². The Kier molecular flexibility index (Phi) is 15.9. The molecule has 16 nitrogen and oxygen atoms in total. The van der Waals surface area contributed by atoms with Crippen LogP contribution in [0.5, 0.6) is 34.5 Å². The van der Waals surface area contributed by atoms with E-state index in [2.05, 4.69) is 23.2 Å². The molecular formula is C54H46O16S5. The average Bonchev–Trinajstić information content (AvgIpc) is 3.40. The molecule has 8 aromatic rings. The molecule has 8 rings (SSSR count). The van der Waals surface area contributed by atoms with Crippen molar-refractivity contribution in [2.75, 3.05) is 7.11 Å². The van der Waals surface area contributed by atoms with Gasteiger partial charge in [-0.3, -0.25) is 4.55 Å². The molecule has 0 saturated heterocycles. The maximum absolute atomic E-state index is 14.0. The topological polar surface area (TPSA) is 232 Å². The van der Waals surface area contributed by atoms with Crippen molar-refractivity contribution in [1.29, 1.82) is 0 Å². The average molecular weight is 1110 g/mol. The van der Waals surface area contributed by atoms with Crippen molar-refractivity contribution >= 4 is 51.7 Å². The van der Waals surface area contributed by atoms with Crippen molar-refractivity contribution in [1.82, 2.24) is 0 Å². The van der Waals surface area contributed by atoms with Gasteiger partial charge in [0.1, 0.15) is 46.0 Å². The molecule has 388 valence electrons. The molecule has 0 atom stereocenters. The molecule has 75 heavy (non-hydrogen) atoms. The molecule has 0 aliphatic carbocycles. The number of sulfone groups is 3. The Morgan fingerprint density at radius 3 is 1.36 bits per heavy atom. The molecule has 0 aliphatic rings. The fourth-order valence-electron chi connectivity index (χ4n) is 7.64. The van der Waals surface area contributed by atoms with Gasteiger partial charge in [-0.1, -0.05) is 66.9 Å². The van der Waals surface area contributed by atoms with Crippen LogP contribution in [0.4, 0.5) is 0 Å². The molecule has 0 bridgehead atoms. The quantitative estimate of drug-likeness (QED) is 0.0312. The highest BCUT2D eigenvalue weighted by atomic mass is 32.2. The molecule has 21 heteroatoms. The van der Waals surface area contributed by atoms with E-state index >= 15 is 0 Å². The molecular weight excluding hydrogens is 1060 g/mol. The molecule has 0 spiro atoms. The summed E-state index contributed by atoms with van der Waals surface area (Å²) in [6.45, 7) is 5.91. The summed E-state index contributed by atoms with van der Waals surface area (Å²) < 4.78 is 144. The maximum atomic E-state index is 14.0. The summed E-state index contributed by atoms with van der Waals surface area (Å²) in [6.07, 6.45) is 0. The van der Waals surface area contributed by atoms with E-state index in [-0.39, 0.29) is 41.7 Å². The second-order valence-electron chi connectivity index (χ2n) is 17.2. The monoisotopic (exact) mass is 1110 g/mol. The van der Waals surface area contributed by atoms with E-state index in [4.69, 9.17) is 24.2 Å². The number of ether oxygens (including phenoxy) is 4. The maximum Gasteiger partial charge on any atom is 0.298 e. The highest BCUT2D eigenvalue weighted by Crippen LogP contribution is 2.38. The lowest BCUT2D eigenvalue weighted by Crippen LogP contribution is -2.18. The molecule has 0 amide bonds. The Labute approximate surface area is 438 Å². The largest absolute Gasteiger partial charge is 0.497 e. The minimum absolute atomic E-state index is 0.000920. The number of aryl methyl sites for hydroxylation is 1. The predicted molar refractivity (Wildman–Crippen MR) is 276 cm³/mol. The summed E-state index contributed by atoms with van der Waals surface area (Å²) in [7, 11) is -15.8. The molecule has 0 heterocycles. The van der Waals surface area contributed by atoms with Crippen LogP contribution in [0, 0.1) is 6.92 Å². The number of methoxy groups -OCH3 is 1. The first kappa shape index (κ1) is 54.2. The van der Waals surface area contributed by atoms with Crippen molar-refractivity contribution in [3.05, 3.63) is 204 Å². The van der Waals surface area contributed by atoms with Gasteiger partial charge in [0.25, 0.3) is 10.1 Å². The first-order chi connectivity index (χ1) is 35.6. The second kappa shape index (κ2) is 22.0. The minimum Gasteiger partial charge on any atom is -0.497 e. The van der Waals surface area contributed by atoms with Crippen molar-refractivity contribution < 1.29 is 71.8 Å². The third kappa shape index (κ3) is 12.2. The van der Waals surface area contributed by atoms with E-state index in [0.717, 1.165) is 34.9 Å². The Hall–Kier alpha value is -7.05. The van der Waals surface area contributed by atoms with Gasteiger partial charge < -0.3 is 18.9 Å². The highest BCUT2D eigenvalue weighted by molar-refractivity contribution is 7.95. The molecule has 0 unspecified atom stereocenters. The summed E-state index contributed by atoms with van der Waals surface area (Å²) in [5.41, 5.74) is 2.84.